The van der Waals surface area contributed by atoms with Crippen LogP contribution in [0, 0.1) is 6.92 Å². The largest absolute Gasteiger partial charge is 0.495 e. The first-order valence-corrected chi connectivity index (χ1v) is 14.3. The van der Waals surface area contributed by atoms with E-state index >= 15 is 0 Å². The summed E-state index contributed by atoms with van der Waals surface area (Å²) in [6.07, 6.45) is 0.890. The molecule has 0 radical (unpaired) electrons. The number of methoxy groups -OCH3 is 1. The highest BCUT2D eigenvalue weighted by molar-refractivity contribution is 9.10. The summed E-state index contributed by atoms with van der Waals surface area (Å²) in [5.74, 6) is -0.580. The highest BCUT2D eigenvalue weighted by atomic mass is 79.9. The lowest BCUT2D eigenvalue weighted by Gasteiger charge is -2.18. The number of hydrogen-bond donors (Lipinski definition) is 2. The van der Waals surface area contributed by atoms with E-state index in [-0.39, 0.29) is 35.1 Å². The van der Waals surface area contributed by atoms with Gasteiger partial charge in [-0.25, -0.2) is 21.6 Å². The van der Waals surface area contributed by atoms with Crippen LogP contribution in [-0.2, 0) is 29.6 Å². The maximum absolute atomic E-state index is 13.0. The molecule has 9 nitrogen and oxygen atoms in total. The van der Waals surface area contributed by atoms with E-state index in [1.807, 2.05) is 6.92 Å². The predicted octanol–water partition coefficient (Wildman–Crippen LogP) is 3.12. The Morgan fingerprint density at radius 3 is 2.32 bits per heavy atom. The van der Waals surface area contributed by atoms with Crippen LogP contribution < -0.4 is 14.2 Å². The van der Waals surface area contributed by atoms with Crippen molar-refractivity contribution in [2.45, 2.75) is 48.9 Å². The normalized spacial score (nSPS) is 12.8. The number of sulfonamides is 2. The van der Waals surface area contributed by atoms with Crippen LogP contribution in [-0.4, -0.2) is 49.1 Å². The first-order valence-electron chi connectivity index (χ1n) is 10.6. The van der Waals surface area contributed by atoms with Crippen LogP contribution in [0.2, 0.25) is 0 Å². The molecule has 0 fully saturated rings. The third kappa shape index (κ3) is 8.05. The first-order chi connectivity index (χ1) is 16.0. The fourth-order valence-electron chi connectivity index (χ4n) is 3.06. The van der Waals surface area contributed by atoms with E-state index in [1.54, 1.807) is 25.1 Å². The highest BCUT2D eigenvalue weighted by Gasteiger charge is 2.29. The average Bonchev–Trinajstić information content (AvgIpc) is 2.78. The monoisotopic (exact) mass is 576 g/mol. The van der Waals surface area contributed by atoms with Crippen LogP contribution in [0.5, 0.6) is 5.75 Å². The van der Waals surface area contributed by atoms with Crippen molar-refractivity contribution >= 4 is 41.9 Å². The maximum atomic E-state index is 13.0. The Bertz CT molecular complexity index is 1180. The van der Waals surface area contributed by atoms with Gasteiger partial charge in [0, 0.05) is 11.0 Å². The van der Waals surface area contributed by atoms with Crippen LogP contribution in [0.4, 0.5) is 0 Å². The standard InChI is InChI=1S/C22H29BrN2O7S2/c1-4-32-22(26)19(25-34(29,30)21-15-17(23)10-13-20(21)31-3)7-5-6-14-24-33(27,28)18-11-8-16(2)9-12-18/h8-13,15,19,24-25H,4-7,14H2,1-3H3. The number of esters is 1. The number of nitrogens with one attached hydrogen (secondary N) is 2. The van der Waals surface area contributed by atoms with Crippen LogP contribution >= 0.6 is 15.9 Å². The molecule has 0 bridgehead atoms. The molecule has 2 rings (SSSR count). The smallest absolute Gasteiger partial charge is 0.324 e. The molecule has 1 atom stereocenters. The van der Waals surface area contributed by atoms with Crippen molar-refractivity contribution in [2.75, 3.05) is 20.3 Å². The molecule has 1 unspecified atom stereocenters. The molecule has 2 aromatic carbocycles. The van der Waals surface area contributed by atoms with Crippen LogP contribution in [0.1, 0.15) is 31.7 Å². The lowest BCUT2D eigenvalue weighted by molar-refractivity contribution is -0.145. The minimum Gasteiger partial charge on any atom is -0.495 e. The second-order valence-electron chi connectivity index (χ2n) is 7.43. The van der Waals surface area contributed by atoms with E-state index in [2.05, 4.69) is 25.4 Å². The zero-order chi connectivity index (χ0) is 25.4. The summed E-state index contributed by atoms with van der Waals surface area (Å²) in [6.45, 7) is 3.72. The van der Waals surface area contributed by atoms with E-state index in [4.69, 9.17) is 9.47 Å². The topological polar surface area (TPSA) is 128 Å². The number of hydrogen-bond acceptors (Lipinski definition) is 7. The van der Waals surface area contributed by atoms with Crippen molar-refractivity contribution in [3.05, 3.63) is 52.5 Å². The Morgan fingerprint density at radius 1 is 1.03 bits per heavy atom. The minimum atomic E-state index is -4.11. The average molecular weight is 578 g/mol. The van der Waals surface area contributed by atoms with E-state index in [0.29, 0.717) is 17.3 Å². The van der Waals surface area contributed by atoms with Crippen molar-refractivity contribution in [3.63, 3.8) is 0 Å². The zero-order valence-electron chi connectivity index (χ0n) is 19.2. The SMILES string of the molecule is CCOC(=O)C(CCCCNS(=O)(=O)c1ccc(C)cc1)NS(=O)(=O)c1cc(Br)ccc1OC. The number of unbranched alkanes of at least 4 members (excludes halogenated alkanes) is 1. The number of rotatable bonds is 13. The van der Waals surface area contributed by atoms with Gasteiger partial charge in [0.1, 0.15) is 16.7 Å². The molecule has 34 heavy (non-hydrogen) atoms. The first kappa shape index (κ1) is 28.2. The van der Waals surface area contributed by atoms with Gasteiger partial charge in [0.15, 0.2) is 0 Å². The molecule has 0 aliphatic carbocycles. The molecule has 0 aliphatic heterocycles. The van der Waals surface area contributed by atoms with Crippen molar-refractivity contribution in [2.24, 2.45) is 0 Å². The second kappa shape index (κ2) is 12.6. The van der Waals surface area contributed by atoms with Crippen molar-refractivity contribution in [1.82, 2.24) is 9.44 Å². The van der Waals surface area contributed by atoms with Crippen molar-refractivity contribution < 1.29 is 31.1 Å². The van der Waals surface area contributed by atoms with Crippen LogP contribution in [0.15, 0.2) is 56.7 Å². The molecule has 2 N–H and O–H groups in total. The summed E-state index contributed by atoms with van der Waals surface area (Å²) in [5, 5.41) is 0. The molecule has 0 aliphatic rings. The summed E-state index contributed by atoms with van der Waals surface area (Å²) in [4.78, 5) is 12.5. The summed E-state index contributed by atoms with van der Waals surface area (Å²) in [5.41, 5.74) is 0.951. The predicted molar refractivity (Wildman–Crippen MR) is 132 cm³/mol. The fraction of sp³-hybridized carbons (Fsp3) is 0.409. The van der Waals surface area contributed by atoms with Gasteiger partial charge in [-0.15, -0.1) is 0 Å². The van der Waals surface area contributed by atoms with E-state index < -0.39 is 32.1 Å². The molecule has 0 spiro atoms. The van der Waals surface area contributed by atoms with Gasteiger partial charge in [0.2, 0.25) is 20.0 Å². The molecule has 12 heteroatoms. The van der Waals surface area contributed by atoms with E-state index in [9.17, 15) is 21.6 Å². The zero-order valence-corrected chi connectivity index (χ0v) is 22.4. The van der Waals surface area contributed by atoms with Crippen LogP contribution in [0.25, 0.3) is 0 Å². The Morgan fingerprint density at radius 2 is 1.71 bits per heavy atom. The van der Waals surface area contributed by atoms with Gasteiger partial charge in [0.25, 0.3) is 0 Å². The van der Waals surface area contributed by atoms with E-state index in [0.717, 1.165) is 5.56 Å². The molecule has 188 valence electrons. The van der Waals surface area contributed by atoms with E-state index in [1.165, 1.54) is 31.4 Å². The summed E-state index contributed by atoms with van der Waals surface area (Å²) in [6, 6.07) is 9.86. The molecule has 0 saturated heterocycles. The molecule has 0 aromatic heterocycles. The maximum Gasteiger partial charge on any atom is 0.324 e. The number of carbonyl (C=O) groups is 1. The molecule has 0 heterocycles. The Balaban J connectivity index is 2.02. The molecule has 0 amide bonds. The number of benzene rings is 2. The van der Waals surface area contributed by atoms with Gasteiger partial charge in [-0.2, -0.15) is 4.72 Å². The molecule has 0 saturated carbocycles. The number of aryl methyl sites for hydroxylation is 1. The summed E-state index contributed by atoms with van der Waals surface area (Å²) >= 11 is 3.24. The quantitative estimate of drug-likeness (QED) is 0.277. The Labute approximate surface area is 209 Å². The third-order valence-corrected chi connectivity index (χ3v) is 8.29. The second-order valence-corrected chi connectivity index (χ2v) is 11.8. The van der Waals surface area contributed by atoms with Gasteiger partial charge in [-0.3, -0.25) is 4.79 Å². The van der Waals surface area contributed by atoms with Crippen molar-refractivity contribution in [3.8, 4) is 5.75 Å². The van der Waals surface area contributed by atoms with Gasteiger partial charge in [-0.1, -0.05) is 33.6 Å². The minimum absolute atomic E-state index is 0.0909. The molecule has 2 aromatic rings. The van der Waals surface area contributed by atoms with Gasteiger partial charge < -0.3 is 9.47 Å². The highest BCUT2D eigenvalue weighted by Crippen LogP contribution is 2.27. The third-order valence-electron chi connectivity index (χ3n) is 4.83. The lowest BCUT2D eigenvalue weighted by Crippen LogP contribution is -2.42. The number of halogens is 1. The van der Waals surface area contributed by atoms with Gasteiger partial charge in [-0.05, 0) is 63.4 Å². The van der Waals surface area contributed by atoms with Crippen LogP contribution in [0.3, 0.4) is 0 Å². The Hall–Kier alpha value is -1.99. The van der Waals surface area contributed by atoms with Gasteiger partial charge in [0.05, 0.1) is 18.6 Å². The lowest BCUT2D eigenvalue weighted by atomic mass is 10.1. The Kier molecular flexibility index (Phi) is 10.5. The number of carbonyl (C=O) groups excluding carboxylic acids is 1. The molecular weight excluding hydrogens is 548 g/mol. The summed E-state index contributed by atoms with van der Waals surface area (Å²) in [7, 11) is -6.41. The summed E-state index contributed by atoms with van der Waals surface area (Å²) < 4.78 is 66.3. The van der Waals surface area contributed by atoms with Gasteiger partial charge >= 0.3 is 5.97 Å². The van der Waals surface area contributed by atoms with Crippen molar-refractivity contribution in [1.29, 1.82) is 0 Å². The fourth-order valence-corrected chi connectivity index (χ4v) is 6.06. The number of ether oxygens (including phenoxy) is 2. The molecular formula is C22H29BrN2O7S2.